The number of thiophene rings is 1. The first-order valence-electron chi connectivity index (χ1n) is 5.60. The number of hydrogen-bond donors (Lipinski definition) is 1. The Morgan fingerprint density at radius 1 is 1.33 bits per heavy atom. The summed E-state index contributed by atoms with van der Waals surface area (Å²) < 4.78 is 10.6. The van der Waals surface area contributed by atoms with E-state index >= 15 is 0 Å². The molecule has 2 heterocycles. The fourth-order valence-electron chi connectivity index (χ4n) is 1.81. The number of benzene rings is 1. The number of nitrogens with one attached hydrogen (secondary N) is 1. The Hall–Kier alpha value is -1.39. The minimum Gasteiger partial charge on any atom is -0.454 e. The number of hydrogen-bond acceptors (Lipinski definition) is 4. The first-order valence-corrected chi connectivity index (χ1v) is 6.86. The van der Waals surface area contributed by atoms with Crippen LogP contribution in [0.5, 0.6) is 11.5 Å². The molecule has 0 aliphatic carbocycles. The van der Waals surface area contributed by atoms with Crippen LogP contribution in [0.25, 0.3) is 0 Å². The van der Waals surface area contributed by atoms with E-state index in [1.807, 2.05) is 6.07 Å². The van der Waals surface area contributed by atoms with Gasteiger partial charge in [-0.25, -0.2) is 0 Å². The molecule has 0 atom stereocenters. The molecule has 0 fully saturated rings. The number of aryl methyl sites for hydroxylation is 1. The highest BCUT2D eigenvalue weighted by Gasteiger charge is 2.16. The molecule has 0 unspecified atom stereocenters. The van der Waals surface area contributed by atoms with Crippen LogP contribution in [0.3, 0.4) is 0 Å². The van der Waals surface area contributed by atoms with Crippen molar-refractivity contribution in [2.24, 2.45) is 0 Å². The van der Waals surface area contributed by atoms with Crippen LogP contribution in [0.15, 0.2) is 23.6 Å². The van der Waals surface area contributed by atoms with E-state index in [-0.39, 0.29) is 6.79 Å². The summed E-state index contributed by atoms with van der Waals surface area (Å²) in [5, 5.41) is 6.07. The van der Waals surface area contributed by atoms with Crippen LogP contribution in [0.4, 0.5) is 5.69 Å². The van der Waals surface area contributed by atoms with Crippen molar-refractivity contribution in [3.63, 3.8) is 0 Å². The van der Waals surface area contributed by atoms with Crippen molar-refractivity contribution < 1.29 is 9.47 Å². The van der Waals surface area contributed by atoms with Gasteiger partial charge in [-0.2, -0.15) is 0 Å². The second kappa shape index (κ2) is 4.71. The van der Waals surface area contributed by atoms with Gasteiger partial charge in [-0.05, 0) is 23.9 Å². The van der Waals surface area contributed by atoms with Crippen molar-refractivity contribution in [1.82, 2.24) is 0 Å². The molecule has 3 nitrogen and oxygen atoms in total. The van der Waals surface area contributed by atoms with Crippen LogP contribution in [-0.4, -0.2) is 6.79 Å². The highest BCUT2D eigenvalue weighted by atomic mass is 35.5. The van der Waals surface area contributed by atoms with Crippen molar-refractivity contribution >= 4 is 28.6 Å². The average molecular weight is 282 g/mol. The smallest absolute Gasteiger partial charge is 0.231 e. The van der Waals surface area contributed by atoms with Gasteiger partial charge >= 0.3 is 0 Å². The third-order valence-electron chi connectivity index (χ3n) is 2.87. The largest absolute Gasteiger partial charge is 0.454 e. The normalized spacial score (nSPS) is 12.8. The standard InChI is InChI=1S/C13H12ClNO2S/c1-8-2-3-18-13(8)6-15-10-5-12-11(4-9(10)14)16-7-17-12/h2-5,15H,6-7H2,1H3. The fourth-order valence-corrected chi connectivity index (χ4v) is 2.88. The van der Waals surface area contributed by atoms with Gasteiger partial charge in [0, 0.05) is 23.6 Å². The predicted octanol–water partition coefficient (Wildman–Crippen LogP) is 4.05. The lowest BCUT2D eigenvalue weighted by Crippen LogP contribution is -1.99. The van der Waals surface area contributed by atoms with Gasteiger partial charge in [0.15, 0.2) is 11.5 Å². The van der Waals surface area contributed by atoms with E-state index in [9.17, 15) is 0 Å². The van der Waals surface area contributed by atoms with Crippen molar-refractivity contribution in [2.45, 2.75) is 13.5 Å². The Morgan fingerprint density at radius 3 is 2.83 bits per heavy atom. The van der Waals surface area contributed by atoms with Crippen molar-refractivity contribution in [3.05, 3.63) is 39.0 Å². The maximum Gasteiger partial charge on any atom is 0.231 e. The Bertz CT molecular complexity index is 582. The zero-order valence-electron chi connectivity index (χ0n) is 9.83. The first-order chi connectivity index (χ1) is 8.74. The van der Waals surface area contributed by atoms with Crippen LogP contribution < -0.4 is 14.8 Å². The maximum absolute atomic E-state index is 6.19. The van der Waals surface area contributed by atoms with Gasteiger partial charge in [0.25, 0.3) is 0 Å². The summed E-state index contributed by atoms with van der Waals surface area (Å²) in [5.41, 5.74) is 2.16. The third kappa shape index (κ3) is 2.13. The second-order valence-corrected chi connectivity index (χ2v) is 5.47. The summed E-state index contributed by atoms with van der Waals surface area (Å²) in [6.07, 6.45) is 0. The van der Waals surface area contributed by atoms with E-state index in [1.54, 1.807) is 17.4 Å². The molecule has 1 aliphatic rings. The summed E-state index contributed by atoms with van der Waals surface area (Å²) in [7, 11) is 0. The van der Waals surface area contributed by atoms with Crippen LogP contribution >= 0.6 is 22.9 Å². The van der Waals surface area contributed by atoms with Gasteiger partial charge in [-0.3, -0.25) is 0 Å². The summed E-state index contributed by atoms with van der Waals surface area (Å²) in [4.78, 5) is 1.31. The summed E-state index contributed by atoms with van der Waals surface area (Å²) in [5.74, 6) is 1.45. The van der Waals surface area contributed by atoms with E-state index in [0.29, 0.717) is 10.8 Å². The number of rotatable bonds is 3. The van der Waals surface area contributed by atoms with Gasteiger partial charge in [0.05, 0.1) is 10.7 Å². The molecule has 0 radical (unpaired) electrons. The van der Waals surface area contributed by atoms with Crippen LogP contribution in [0.1, 0.15) is 10.4 Å². The number of ether oxygens (including phenoxy) is 2. The van der Waals surface area contributed by atoms with Crippen LogP contribution in [-0.2, 0) is 6.54 Å². The zero-order valence-corrected chi connectivity index (χ0v) is 11.4. The molecule has 18 heavy (non-hydrogen) atoms. The van der Waals surface area contributed by atoms with Gasteiger partial charge < -0.3 is 14.8 Å². The molecular formula is C13H12ClNO2S. The average Bonchev–Trinajstić information content (AvgIpc) is 2.95. The molecule has 5 heteroatoms. The van der Waals surface area contributed by atoms with Crippen molar-refractivity contribution in [2.75, 3.05) is 12.1 Å². The number of fused-ring (bicyclic) bond motifs is 1. The number of anilines is 1. The topological polar surface area (TPSA) is 30.5 Å². The zero-order chi connectivity index (χ0) is 12.5. The van der Waals surface area contributed by atoms with Crippen molar-refractivity contribution in [3.8, 4) is 11.5 Å². The monoisotopic (exact) mass is 281 g/mol. The summed E-state index contributed by atoms with van der Waals surface area (Å²) >= 11 is 7.93. The lowest BCUT2D eigenvalue weighted by molar-refractivity contribution is 0.174. The third-order valence-corrected chi connectivity index (χ3v) is 4.21. The van der Waals surface area contributed by atoms with E-state index in [4.69, 9.17) is 21.1 Å². The van der Waals surface area contributed by atoms with Crippen molar-refractivity contribution in [1.29, 1.82) is 0 Å². The molecule has 1 aromatic heterocycles. The lowest BCUT2D eigenvalue weighted by Gasteiger charge is -2.09. The number of halogens is 1. The van der Waals surface area contributed by atoms with Gasteiger partial charge in [0.2, 0.25) is 6.79 Å². The molecule has 1 N–H and O–H groups in total. The van der Waals surface area contributed by atoms with E-state index < -0.39 is 0 Å². The maximum atomic E-state index is 6.19. The second-order valence-electron chi connectivity index (χ2n) is 4.07. The highest BCUT2D eigenvalue weighted by Crippen LogP contribution is 2.39. The molecule has 2 aromatic rings. The van der Waals surface area contributed by atoms with Gasteiger partial charge in [-0.15, -0.1) is 11.3 Å². The highest BCUT2D eigenvalue weighted by molar-refractivity contribution is 7.10. The molecule has 3 rings (SSSR count). The molecule has 0 saturated carbocycles. The minimum absolute atomic E-state index is 0.263. The molecule has 94 valence electrons. The predicted molar refractivity (Wildman–Crippen MR) is 74.0 cm³/mol. The lowest BCUT2D eigenvalue weighted by atomic mass is 10.2. The molecule has 0 bridgehead atoms. The minimum atomic E-state index is 0.263. The van der Waals surface area contributed by atoms with E-state index in [0.717, 1.165) is 18.0 Å². The van der Waals surface area contributed by atoms with Gasteiger partial charge in [0.1, 0.15) is 0 Å². The van der Waals surface area contributed by atoms with Crippen LogP contribution in [0.2, 0.25) is 5.02 Å². The quantitative estimate of drug-likeness (QED) is 0.921. The molecule has 1 aliphatic heterocycles. The van der Waals surface area contributed by atoms with E-state index in [1.165, 1.54) is 10.4 Å². The Kier molecular flexibility index (Phi) is 3.06. The molecule has 1 aromatic carbocycles. The van der Waals surface area contributed by atoms with E-state index in [2.05, 4.69) is 23.7 Å². The first kappa shape index (κ1) is 11.7. The van der Waals surface area contributed by atoms with Crippen LogP contribution in [0, 0.1) is 6.92 Å². The Morgan fingerprint density at radius 2 is 2.11 bits per heavy atom. The summed E-state index contributed by atoms with van der Waals surface area (Å²) in [6, 6.07) is 5.78. The van der Waals surface area contributed by atoms with Gasteiger partial charge in [-0.1, -0.05) is 11.6 Å². The molecule has 0 amide bonds. The fraction of sp³-hybridized carbons (Fsp3) is 0.231. The summed E-state index contributed by atoms with van der Waals surface area (Å²) in [6.45, 7) is 3.14. The molecular weight excluding hydrogens is 270 g/mol. The molecule has 0 saturated heterocycles. The Balaban J connectivity index is 1.79. The Labute approximate surface area is 114 Å². The SMILES string of the molecule is Cc1ccsc1CNc1cc2c(cc1Cl)OCO2. The molecule has 0 spiro atoms.